The Morgan fingerprint density at radius 2 is 0.691 bits per heavy atom. The van der Waals surface area contributed by atoms with Crippen LogP contribution >= 0.6 is 0 Å². The van der Waals surface area contributed by atoms with Crippen LogP contribution in [0.1, 0.15) is 348 Å². The third-order valence-corrected chi connectivity index (χ3v) is 14.6. The molecule has 0 aromatic heterocycles. The van der Waals surface area contributed by atoms with Gasteiger partial charge in [-0.2, -0.15) is 0 Å². The highest BCUT2D eigenvalue weighted by atomic mass is 16.5. The fourth-order valence-corrected chi connectivity index (χ4v) is 9.81. The quantitative estimate of drug-likeness (QED) is 0.0321. The Morgan fingerprint density at radius 1 is 0.397 bits per heavy atom. The third-order valence-electron chi connectivity index (χ3n) is 14.6. The van der Waals surface area contributed by atoms with E-state index >= 15 is 0 Å². The Kier molecular flexibility index (Phi) is 57.0. The fourth-order valence-electron chi connectivity index (χ4n) is 9.81. The summed E-state index contributed by atoms with van der Waals surface area (Å²) in [6.45, 7) is 4.96. The molecule has 0 aromatic carbocycles. The summed E-state index contributed by atoms with van der Waals surface area (Å²) in [5, 5.41) is 23.2. The number of ether oxygens (including phenoxy) is 1. The van der Waals surface area contributed by atoms with Gasteiger partial charge in [-0.25, -0.2) is 0 Å². The molecule has 68 heavy (non-hydrogen) atoms. The van der Waals surface area contributed by atoms with Gasteiger partial charge < -0.3 is 20.3 Å². The summed E-state index contributed by atoms with van der Waals surface area (Å²) in [5.74, 6) is -0.0271. The van der Waals surface area contributed by atoms with Crippen LogP contribution in [-0.4, -0.2) is 47.4 Å². The molecule has 2 atom stereocenters. The van der Waals surface area contributed by atoms with Crippen molar-refractivity contribution in [1.82, 2.24) is 5.32 Å². The minimum absolute atomic E-state index is 0.00654. The number of hydrogen-bond donors (Lipinski definition) is 3. The Balaban J connectivity index is 3.36. The number of rotatable bonds is 58. The van der Waals surface area contributed by atoms with Gasteiger partial charge in [-0.05, 0) is 51.4 Å². The molecule has 0 fully saturated rings. The molecule has 0 radical (unpaired) electrons. The van der Waals surface area contributed by atoms with Crippen LogP contribution in [0.15, 0.2) is 12.2 Å². The summed E-state index contributed by atoms with van der Waals surface area (Å²) in [4.78, 5) is 24.5. The molecule has 0 spiro atoms. The lowest BCUT2D eigenvalue weighted by Crippen LogP contribution is -2.45. The van der Waals surface area contributed by atoms with E-state index in [4.69, 9.17) is 4.74 Å². The Hall–Kier alpha value is -1.40. The maximum Gasteiger partial charge on any atom is 0.305 e. The first kappa shape index (κ1) is 66.6. The maximum atomic E-state index is 12.5. The number of carbonyl (C=O) groups is 2. The van der Waals surface area contributed by atoms with Crippen molar-refractivity contribution in [3.63, 3.8) is 0 Å². The molecular weight excluding hydrogens is 839 g/mol. The van der Waals surface area contributed by atoms with E-state index in [1.165, 1.54) is 270 Å². The summed E-state index contributed by atoms with van der Waals surface area (Å²) in [6.07, 6.45) is 69.3. The molecule has 3 N–H and O–H groups in total. The van der Waals surface area contributed by atoms with Gasteiger partial charge in [0.1, 0.15) is 0 Å². The molecule has 0 heterocycles. The van der Waals surface area contributed by atoms with E-state index < -0.39 is 12.1 Å². The lowest BCUT2D eigenvalue weighted by atomic mass is 10.0. The molecule has 0 aromatic rings. The van der Waals surface area contributed by atoms with Gasteiger partial charge in [0.2, 0.25) is 5.91 Å². The van der Waals surface area contributed by atoms with Crippen molar-refractivity contribution in [2.75, 3.05) is 13.2 Å². The van der Waals surface area contributed by atoms with Crippen molar-refractivity contribution in [3.8, 4) is 0 Å². The predicted octanol–water partition coefficient (Wildman–Crippen LogP) is 19.2. The second-order valence-corrected chi connectivity index (χ2v) is 21.4. The molecule has 404 valence electrons. The summed E-state index contributed by atoms with van der Waals surface area (Å²) in [7, 11) is 0. The van der Waals surface area contributed by atoms with Crippen LogP contribution in [0.4, 0.5) is 0 Å². The van der Waals surface area contributed by atoms with Gasteiger partial charge in [0.25, 0.3) is 0 Å². The second-order valence-electron chi connectivity index (χ2n) is 21.4. The van der Waals surface area contributed by atoms with Gasteiger partial charge in [0, 0.05) is 12.8 Å². The number of hydrogen-bond acceptors (Lipinski definition) is 5. The van der Waals surface area contributed by atoms with Crippen molar-refractivity contribution in [2.24, 2.45) is 0 Å². The standard InChI is InChI=1S/C62H121NO5/c1-3-5-7-9-11-13-15-17-18-28-32-36-40-44-48-52-56-62(67)68-57-53-49-45-41-37-33-29-26-24-22-20-19-21-23-25-27-31-35-39-43-47-51-55-61(66)63-59(58-64)60(65)54-50-46-42-38-34-30-16-14-12-10-8-6-4-2/h18,28,59-60,64-65H,3-17,19-27,29-58H2,1-2H3,(H,63,66)/b28-18-. The van der Waals surface area contributed by atoms with Crippen LogP contribution in [0.2, 0.25) is 0 Å². The van der Waals surface area contributed by atoms with Gasteiger partial charge in [-0.3, -0.25) is 9.59 Å². The average Bonchev–Trinajstić information content (AvgIpc) is 3.34. The first-order valence-electron chi connectivity index (χ1n) is 30.9. The smallest absolute Gasteiger partial charge is 0.305 e. The minimum Gasteiger partial charge on any atom is -0.466 e. The number of amides is 1. The van der Waals surface area contributed by atoms with E-state index in [-0.39, 0.29) is 18.5 Å². The predicted molar refractivity (Wildman–Crippen MR) is 297 cm³/mol. The molecular formula is C62H121NO5. The molecule has 0 aliphatic carbocycles. The van der Waals surface area contributed by atoms with Crippen LogP contribution < -0.4 is 5.32 Å². The van der Waals surface area contributed by atoms with Crippen molar-refractivity contribution in [2.45, 2.75) is 360 Å². The highest BCUT2D eigenvalue weighted by molar-refractivity contribution is 5.76. The first-order valence-corrected chi connectivity index (χ1v) is 30.9. The zero-order chi connectivity index (χ0) is 49.3. The van der Waals surface area contributed by atoms with Crippen LogP contribution in [0.3, 0.4) is 0 Å². The van der Waals surface area contributed by atoms with Crippen LogP contribution in [-0.2, 0) is 14.3 Å². The molecule has 0 rings (SSSR count). The van der Waals surface area contributed by atoms with E-state index in [9.17, 15) is 19.8 Å². The Bertz CT molecular complexity index is 1020. The van der Waals surface area contributed by atoms with E-state index in [1.807, 2.05) is 0 Å². The summed E-state index contributed by atoms with van der Waals surface area (Å²) in [6, 6.07) is -0.540. The number of esters is 1. The van der Waals surface area contributed by atoms with Crippen LogP contribution in [0.25, 0.3) is 0 Å². The molecule has 2 unspecified atom stereocenters. The van der Waals surface area contributed by atoms with Crippen molar-refractivity contribution >= 4 is 11.9 Å². The van der Waals surface area contributed by atoms with Gasteiger partial charge in [-0.15, -0.1) is 0 Å². The summed E-state index contributed by atoms with van der Waals surface area (Å²) < 4.78 is 5.49. The summed E-state index contributed by atoms with van der Waals surface area (Å²) >= 11 is 0. The molecule has 0 aliphatic rings. The van der Waals surface area contributed by atoms with E-state index in [0.29, 0.717) is 25.9 Å². The largest absolute Gasteiger partial charge is 0.466 e. The first-order chi connectivity index (χ1) is 33.5. The highest BCUT2D eigenvalue weighted by Gasteiger charge is 2.20. The molecule has 0 saturated carbocycles. The summed E-state index contributed by atoms with van der Waals surface area (Å²) in [5.41, 5.74) is 0. The van der Waals surface area contributed by atoms with Crippen LogP contribution in [0, 0.1) is 0 Å². The molecule has 6 heteroatoms. The molecule has 1 amide bonds. The number of unbranched alkanes of at least 4 members (excludes halogenated alkanes) is 45. The number of aliphatic hydroxyl groups is 2. The lowest BCUT2D eigenvalue weighted by molar-refractivity contribution is -0.143. The van der Waals surface area contributed by atoms with Crippen molar-refractivity contribution < 1.29 is 24.5 Å². The number of allylic oxidation sites excluding steroid dienone is 2. The number of aliphatic hydroxyl groups excluding tert-OH is 2. The Morgan fingerprint density at radius 3 is 1.04 bits per heavy atom. The monoisotopic (exact) mass is 960 g/mol. The van der Waals surface area contributed by atoms with Crippen molar-refractivity contribution in [3.05, 3.63) is 12.2 Å². The van der Waals surface area contributed by atoms with Crippen molar-refractivity contribution in [1.29, 1.82) is 0 Å². The SMILES string of the molecule is CCCCCCCCC/C=C\CCCCCCCC(=O)OCCCCCCCCCCCCCCCCCCCCCCCCC(=O)NC(CO)C(O)CCCCCCCCCCCCCCC. The Labute approximate surface area is 425 Å². The van der Waals surface area contributed by atoms with Gasteiger partial charge >= 0.3 is 5.97 Å². The molecule has 6 nitrogen and oxygen atoms in total. The third kappa shape index (κ3) is 53.9. The fraction of sp³-hybridized carbons (Fsp3) is 0.935. The normalized spacial score (nSPS) is 12.6. The van der Waals surface area contributed by atoms with Crippen LogP contribution in [0.5, 0.6) is 0 Å². The average molecular weight is 961 g/mol. The van der Waals surface area contributed by atoms with E-state index in [2.05, 4.69) is 31.3 Å². The molecule has 0 saturated heterocycles. The zero-order valence-corrected chi connectivity index (χ0v) is 46.1. The number of nitrogens with one attached hydrogen (secondary N) is 1. The van der Waals surface area contributed by atoms with E-state index in [1.54, 1.807) is 0 Å². The highest BCUT2D eigenvalue weighted by Crippen LogP contribution is 2.18. The van der Waals surface area contributed by atoms with Gasteiger partial charge in [-0.1, -0.05) is 296 Å². The second kappa shape index (κ2) is 58.2. The van der Waals surface area contributed by atoms with Gasteiger partial charge in [0.15, 0.2) is 0 Å². The number of carbonyl (C=O) groups excluding carboxylic acids is 2. The molecule has 0 bridgehead atoms. The minimum atomic E-state index is -0.663. The van der Waals surface area contributed by atoms with E-state index in [0.717, 1.165) is 44.9 Å². The van der Waals surface area contributed by atoms with Gasteiger partial charge in [0.05, 0.1) is 25.4 Å². The topological polar surface area (TPSA) is 95.9 Å². The lowest BCUT2D eigenvalue weighted by Gasteiger charge is -2.22. The zero-order valence-electron chi connectivity index (χ0n) is 46.1. The molecule has 0 aliphatic heterocycles. The maximum absolute atomic E-state index is 12.5.